The Labute approximate surface area is 211 Å². The lowest BCUT2D eigenvalue weighted by molar-refractivity contribution is -0.121. The lowest BCUT2D eigenvalue weighted by Gasteiger charge is -2.15. The molecule has 172 valence electrons. The summed E-state index contributed by atoms with van der Waals surface area (Å²) in [6.45, 7) is 2.60. The van der Waals surface area contributed by atoms with E-state index in [1.165, 1.54) is 0 Å². The van der Waals surface area contributed by atoms with Crippen molar-refractivity contribution >= 4 is 51.3 Å². The second-order valence-electron chi connectivity index (χ2n) is 7.07. The van der Waals surface area contributed by atoms with Crippen molar-refractivity contribution in [3.05, 3.63) is 91.9 Å². The third-order valence-corrected chi connectivity index (χ3v) is 5.78. The summed E-state index contributed by atoms with van der Waals surface area (Å²) in [5.74, 6) is 0.944. The first-order valence-electron chi connectivity index (χ1n) is 10.3. The summed E-state index contributed by atoms with van der Waals surface area (Å²) < 4.78 is 12.4. The third kappa shape index (κ3) is 7.77. The minimum absolute atomic E-state index is 0.154. The number of hydrogen-bond donors (Lipinski definition) is 1. The van der Waals surface area contributed by atoms with Crippen LogP contribution < -0.4 is 14.9 Å². The number of halogens is 3. The van der Waals surface area contributed by atoms with E-state index in [1.54, 1.807) is 24.4 Å². The molecule has 0 saturated heterocycles. The minimum atomic E-state index is -0.154. The smallest absolute Gasteiger partial charge is 0.240 e. The van der Waals surface area contributed by atoms with Crippen LogP contribution in [0, 0.1) is 0 Å². The topological polar surface area (TPSA) is 59.9 Å². The van der Waals surface area contributed by atoms with Crippen molar-refractivity contribution in [1.29, 1.82) is 0 Å². The number of rotatable bonds is 10. The molecule has 0 radical (unpaired) electrons. The number of nitrogens with one attached hydrogen (secondary N) is 1. The molecule has 0 aromatic heterocycles. The van der Waals surface area contributed by atoms with Crippen molar-refractivity contribution in [2.75, 3.05) is 6.61 Å². The number of amides is 1. The largest absolute Gasteiger partial charge is 0.490 e. The molecule has 8 heteroatoms. The normalized spacial score (nSPS) is 10.9. The molecule has 0 heterocycles. The molecule has 0 aliphatic carbocycles. The molecule has 3 rings (SSSR count). The maximum atomic E-state index is 12.1. The molecule has 3 aromatic rings. The lowest BCUT2D eigenvalue weighted by atomic mass is 10.1. The summed E-state index contributed by atoms with van der Waals surface area (Å²) in [5.41, 5.74) is 5.22. The first-order chi connectivity index (χ1) is 16.0. The SMILES string of the molecule is CCOc1cc(/C=N\NC(=O)CCc2ccccc2)cc(Br)c1OCc1ccc(Cl)cc1Cl. The van der Waals surface area contributed by atoms with Crippen molar-refractivity contribution in [2.24, 2.45) is 5.10 Å². The zero-order valence-corrected chi connectivity index (χ0v) is 21.1. The van der Waals surface area contributed by atoms with Gasteiger partial charge in [0.2, 0.25) is 5.91 Å². The van der Waals surface area contributed by atoms with Gasteiger partial charge in [0.25, 0.3) is 0 Å². The van der Waals surface area contributed by atoms with Gasteiger partial charge >= 0.3 is 0 Å². The van der Waals surface area contributed by atoms with Gasteiger partial charge in [-0.3, -0.25) is 4.79 Å². The molecule has 0 aliphatic rings. The summed E-state index contributed by atoms with van der Waals surface area (Å²) in [7, 11) is 0. The number of nitrogens with zero attached hydrogens (tertiary/aromatic N) is 1. The Morgan fingerprint density at radius 1 is 1.09 bits per heavy atom. The number of hydrogen-bond acceptors (Lipinski definition) is 4. The molecule has 0 aliphatic heterocycles. The van der Waals surface area contributed by atoms with Crippen LogP contribution in [0.15, 0.2) is 70.2 Å². The molecule has 3 aromatic carbocycles. The van der Waals surface area contributed by atoms with E-state index in [9.17, 15) is 4.79 Å². The van der Waals surface area contributed by atoms with Crippen LogP contribution >= 0.6 is 39.1 Å². The Balaban J connectivity index is 1.63. The highest BCUT2D eigenvalue weighted by Gasteiger charge is 2.13. The Kier molecular flexibility index (Phi) is 9.61. The summed E-state index contributed by atoms with van der Waals surface area (Å²) >= 11 is 15.7. The Bertz CT molecular complexity index is 1120. The van der Waals surface area contributed by atoms with Crippen LogP contribution in [0.2, 0.25) is 10.0 Å². The maximum absolute atomic E-state index is 12.1. The van der Waals surface area contributed by atoms with Gasteiger partial charge in [-0.2, -0.15) is 5.10 Å². The van der Waals surface area contributed by atoms with Crippen molar-refractivity contribution in [3.63, 3.8) is 0 Å². The van der Waals surface area contributed by atoms with E-state index in [-0.39, 0.29) is 12.5 Å². The predicted molar refractivity (Wildman–Crippen MR) is 137 cm³/mol. The van der Waals surface area contributed by atoms with E-state index < -0.39 is 0 Å². The van der Waals surface area contributed by atoms with Crippen molar-refractivity contribution in [1.82, 2.24) is 5.43 Å². The maximum Gasteiger partial charge on any atom is 0.240 e. The van der Waals surface area contributed by atoms with E-state index in [4.69, 9.17) is 32.7 Å². The number of benzene rings is 3. The monoisotopic (exact) mass is 548 g/mol. The highest BCUT2D eigenvalue weighted by molar-refractivity contribution is 9.10. The Morgan fingerprint density at radius 3 is 2.61 bits per heavy atom. The fraction of sp³-hybridized carbons (Fsp3) is 0.200. The summed E-state index contributed by atoms with van der Waals surface area (Å²) in [5, 5.41) is 5.16. The molecule has 0 atom stereocenters. The highest BCUT2D eigenvalue weighted by atomic mass is 79.9. The fourth-order valence-electron chi connectivity index (χ4n) is 2.99. The van der Waals surface area contributed by atoms with Gasteiger partial charge in [0, 0.05) is 22.0 Å². The van der Waals surface area contributed by atoms with Crippen LogP contribution in [0.4, 0.5) is 0 Å². The average molecular weight is 550 g/mol. The third-order valence-electron chi connectivity index (χ3n) is 4.61. The standard InChI is InChI=1S/C25H23BrCl2N2O3/c1-2-32-23-13-18(15-29-30-24(31)11-8-17-6-4-3-5-7-17)12-21(26)25(23)33-16-19-9-10-20(27)14-22(19)28/h3-7,9-10,12-15H,2,8,11,16H2,1H3,(H,30,31)/b29-15-. The molecule has 0 unspecified atom stereocenters. The molecule has 0 bridgehead atoms. The molecule has 1 N–H and O–H groups in total. The van der Waals surface area contributed by atoms with Gasteiger partial charge in [0.15, 0.2) is 11.5 Å². The lowest BCUT2D eigenvalue weighted by Crippen LogP contribution is -2.17. The summed E-state index contributed by atoms with van der Waals surface area (Å²) in [6.07, 6.45) is 2.58. The second-order valence-corrected chi connectivity index (χ2v) is 8.76. The molecular formula is C25H23BrCl2N2O3. The van der Waals surface area contributed by atoms with Gasteiger partial charge in [0.05, 0.1) is 17.3 Å². The van der Waals surface area contributed by atoms with Crippen LogP contribution in [-0.2, 0) is 17.8 Å². The zero-order valence-electron chi connectivity index (χ0n) is 18.0. The number of aryl methyl sites for hydroxylation is 1. The minimum Gasteiger partial charge on any atom is -0.490 e. The van der Waals surface area contributed by atoms with Crippen LogP contribution in [0.1, 0.15) is 30.0 Å². The number of carbonyl (C=O) groups is 1. The van der Waals surface area contributed by atoms with Crippen molar-refractivity contribution in [2.45, 2.75) is 26.4 Å². The number of ether oxygens (including phenoxy) is 2. The van der Waals surface area contributed by atoms with E-state index in [0.717, 1.165) is 16.7 Å². The van der Waals surface area contributed by atoms with E-state index >= 15 is 0 Å². The first-order valence-corrected chi connectivity index (χ1v) is 11.9. The summed E-state index contributed by atoms with van der Waals surface area (Å²) in [6, 6.07) is 18.7. The molecule has 0 fully saturated rings. The predicted octanol–water partition coefficient (Wildman–Crippen LogP) is 6.82. The van der Waals surface area contributed by atoms with Gasteiger partial charge in [-0.15, -0.1) is 0 Å². The van der Waals surface area contributed by atoms with Gasteiger partial charge in [0.1, 0.15) is 6.61 Å². The highest BCUT2D eigenvalue weighted by Crippen LogP contribution is 2.37. The fourth-order valence-corrected chi connectivity index (χ4v) is 4.03. The molecule has 1 amide bonds. The molecule has 33 heavy (non-hydrogen) atoms. The quantitative estimate of drug-likeness (QED) is 0.223. The van der Waals surface area contributed by atoms with Gasteiger partial charge in [-0.05, 0) is 64.7 Å². The number of hydrazone groups is 1. The van der Waals surface area contributed by atoms with Gasteiger partial charge in [-0.25, -0.2) is 5.43 Å². The Hall–Kier alpha value is -2.54. The van der Waals surface area contributed by atoms with Crippen LogP contribution in [0.5, 0.6) is 11.5 Å². The van der Waals surface area contributed by atoms with Crippen LogP contribution in [0.25, 0.3) is 0 Å². The Morgan fingerprint density at radius 2 is 1.88 bits per heavy atom. The molecular weight excluding hydrogens is 527 g/mol. The molecule has 0 saturated carbocycles. The van der Waals surface area contributed by atoms with Crippen LogP contribution in [-0.4, -0.2) is 18.7 Å². The van der Waals surface area contributed by atoms with E-state index in [1.807, 2.05) is 49.4 Å². The van der Waals surface area contributed by atoms with Crippen molar-refractivity contribution in [3.8, 4) is 11.5 Å². The van der Waals surface area contributed by atoms with Gasteiger partial charge in [-0.1, -0.05) is 59.6 Å². The van der Waals surface area contributed by atoms with Crippen molar-refractivity contribution < 1.29 is 14.3 Å². The summed E-state index contributed by atoms with van der Waals surface area (Å²) in [4.78, 5) is 12.1. The number of carbonyl (C=O) groups excluding carboxylic acids is 1. The van der Waals surface area contributed by atoms with E-state index in [2.05, 4.69) is 26.5 Å². The average Bonchev–Trinajstić information content (AvgIpc) is 2.79. The molecule has 5 nitrogen and oxygen atoms in total. The van der Waals surface area contributed by atoms with Crippen LogP contribution in [0.3, 0.4) is 0 Å². The molecule has 0 spiro atoms. The first kappa shape index (κ1) is 25.1. The second kappa shape index (κ2) is 12.6. The van der Waals surface area contributed by atoms with Gasteiger partial charge < -0.3 is 9.47 Å². The zero-order chi connectivity index (χ0) is 23.6. The van der Waals surface area contributed by atoms with E-state index in [0.29, 0.717) is 45.5 Å².